The van der Waals surface area contributed by atoms with Crippen LogP contribution in [0.3, 0.4) is 0 Å². The van der Waals surface area contributed by atoms with Gasteiger partial charge in [-0.2, -0.15) is 0 Å². The van der Waals surface area contributed by atoms with Crippen molar-refractivity contribution in [1.29, 1.82) is 0 Å². The summed E-state index contributed by atoms with van der Waals surface area (Å²) in [5.74, 6) is -0.0497. The van der Waals surface area contributed by atoms with Gasteiger partial charge in [-0.05, 0) is 25.5 Å². The van der Waals surface area contributed by atoms with Gasteiger partial charge in [0.25, 0.3) is 0 Å². The predicted octanol–water partition coefficient (Wildman–Crippen LogP) is 2.83. The van der Waals surface area contributed by atoms with Crippen LogP contribution in [0.2, 0.25) is 5.02 Å². The fourth-order valence-corrected chi connectivity index (χ4v) is 1.43. The van der Waals surface area contributed by atoms with E-state index in [1.54, 1.807) is 12.1 Å². The van der Waals surface area contributed by atoms with E-state index in [2.05, 4.69) is 4.74 Å². The third-order valence-corrected chi connectivity index (χ3v) is 2.45. The lowest BCUT2D eigenvalue weighted by atomic mass is 10.1. The molecule has 0 N–H and O–H groups in total. The number of methoxy groups -OCH3 is 1. The minimum atomic E-state index is -0.444. The van der Waals surface area contributed by atoms with Gasteiger partial charge in [0.2, 0.25) is 0 Å². The summed E-state index contributed by atoms with van der Waals surface area (Å²) in [6, 6.07) is 3.41. The molecule has 1 aromatic rings. The van der Waals surface area contributed by atoms with Crippen LogP contribution in [0, 0.1) is 6.92 Å². The van der Waals surface area contributed by atoms with E-state index in [9.17, 15) is 4.79 Å². The van der Waals surface area contributed by atoms with Crippen LogP contribution in [0.1, 0.15) is 22.8 Å². The highest BCUT2D eigenvalue weighted by molar-refractivity contribution is 6.33. The second kappa shape index (κ2) is 5.03. The predicted molar refractivity (Wildman–Crippen MR) is 58.7 cm³/mol. The van der Waals surface area contributed by atoms with Crippen LogP contribution in [-0.4, -0.2) is 19.7 Å². The Hall–Kier alpha value is -1.22. The normalized spacial score (nSPS) is 9.87. The Morgan fingerprint density at radius 2 is 2.13 bits per heavy atom. The molecule has 1 rings (SSSR count). The molecule has 0 aromatic heterocycles. The van der Waals surface area contributed by atoms with Gasteiger partial charge in [-0.15, -0.1) is 0 Å². The number of carbonyl (C=O) groups excluding carboxylic acids is 1. The third kappa shape index (κ3) is 2.42. The quantitative estimate of drug-likeness (QED) is 0.747. The van der Waals surface area contributed by atoms with Crippen LogP contribution in [0.5, 0.6) is 5.75 Å². The Balaban J connectivity index is 3.26. The summed E-state index contributed by atoms with van der Waals surface area (Å²) in [7, 11) is 1.33. The van der Waals surface area contributed by atoms with Crippen molar-refractivity contribution < 1.29 is 14.3 Å². The number of benzene rings is 1. The number of halogens is 1. The average Bonchev–Trinajstić information content (AvgIpc) is 2.24. The van der Waals surface area contributed by atoms with Gasteiger partial charge in [-0.25, -0.2) is 4.79 Å². The highest BCUT2D eigenvalue weighted by atomic mass is 35.5. The van der Waals surface area contributed by atoms with Crippen LogP contribution >= 0.6 is 11.6 Å². The summed E-state index contributed by atoms with van der Waals surface area (Å²) >= 11 is 6.05. The van der Waals surface area contributed by atoms with Gasteiger partial charge < -0.3 is 9.47 Å². The van der Waals surface area contributed by atoms with Crippen molar-refractivity contribution in [2.45, 2.75) is 13.8 Å². The minimum Gasteiger partial charge on any atom is -0.491 e. The number of aryl methyl sites for hydroxylation is 1. The lowest BCUT2D eigenvalue weighted by Gasteiger charge is -2.11. The zero-order valence-electron chi connectivity index (χ0n) is 8.96. The fraction of sp³-hybridized carbons (Fsp3) is 0.364. The molecule has 0 saturated heterocycles. The number of hydrogen-bond acceptors (Lipinski definition) is 3. The van der Waals surface area contributed by atoms with E-state index in [4.69, 9.17) is 16.3 Å². The van der Waals surface area contributed by atoms with Gasteiger partial charge in [0, 0.05) is 0 Å². The van der Waals surface area contributed by atoms with Crippen LogP contribution in [-0.2, 0) is 4.74 Å². The number of carbonyl (C=O) groups is 1. The van der Waals surface area contributed by atoms with Gasteiger partial charge in [0.15, 0.2) is 5.75 Å². The van der Waals surface area contributed by atoms with Crippen molar-refractivity contribution in [1.82, 2.24) is 0 Å². The summed E-state index contributed by atoms with van der Waals surface area (Å²) in [4.78, 5) is 11.4. The highest BCUT2D eigenvalue weighted by Crippen LogP contribution is 2.32. The standard InChI is InChI=1S/C11H13ClO3/c1-4-15-10-8(11(13)14-3)6-5-7(2)9(10)12/h5-6H,4H2,1-3H3. The Morgan fingerprint density at radius 1 is 1.47 bits per heavy atom. The molecule has 1 aromatic carbocycles. The first-order valence-electron chi connectivity index (χ1n) is 4.62. The van der Waals surface area contributed by atoms with E-state index in [1.165, 1.54) is 7.11 Å². The number of ether oxygens (including phenoxy) is 2. The summed E-state index contributed by atoms with van der Waals surface area (Å²) in [5, 5.41) is 0.458. The smallest absolute Gasteiger partial charge is 0.341 e. The Labute approximate surface area is 93.9 Å². The monoisotopic (exact) mass is 228 g/mol. The maximum absolute atomic E-state index is 11.4. The van der Waals surface area contributed by atoms with E-state index in [1.807, 2.05) is 13.8 Å². The number of rotatable bonds is 3. The highest BCUT2D eigenvalue weighted by Gasteiger charge is 2.17. The molecule has 0 amide bonds. The second-order valence-electron chi connectivity index (χ2n) is 3.00. The van der Waals surface area contributed by atoms with Crippen molar-refractivity contribution >= 4 is 17.6 Å². The summed E-state index contributed by atoms with van der Waals surface area (Å²) < 4.78 is 9.98. The molecule has 0 bridgehead atoms. The van der Waals surface area contributed by atoms with Crippen molar-refractivity contribution in [3.8, 4) is 5.75 Å². The molecular weight excluding hydrogens is 216 g/mol. The summed E-state index contributed by atoms with van der Waals surface area (Å²) in [6.45, 7) is 4.14. The number of hydrogen-bond donors (Lipinski definition) is 0. The van der Waals surface area contributed by atoms with Gasteiger partial charge in [-0.3, -0.25) is 0 Å². The van der Waals surface area contributed by atoms with Gasteiger partial charge in [0.1, 0.15) is 5.56 Å². The van der Waals surface area contributed by atoms with Gasteiger partial charge in [0.05, 0.1) is 18.7 Å². The topological polar surface area (TPSA) is 35.5 Å². The summed E-state index contributed by atoms with van der Waals surface area (Å²) in [6.07, 6.45) is 0. The molecule has 82 valence electrons. The Kier molecular flexibility index (Phi) is 3.97. The van der Waals surface area contributed by atoms with Gasteiger partial charge in [-0.1, -0.05) is 17.7 Å². The molecule has 0 saturated carbocycles. The largest absolute Gasteiger partial charge is 0.491 e. The minimum absolute atomic E-state index is 0.356. The lowest BCUT2D eigenvalue weighted by molar-refractivity contribution is 0.0596. The molecule has 0 spiro atoms. The van der Waals surface area contributed by atoms with E-state index in [-0.39, 0.29) is 0 Å². The molecule has 0 heterocycles. The Morgan fingerprint density at radius 3 is 2.67 bits per heavy atom. The molecule has 0 aliphatic heterocycles. The van der Waals surface area contributed by atoms with Gasteiger partial charge >= 0.3 is 5.97 Å². The van der Waals surface area contributed by atoms with E-state index < -0.39 is 5.97 Å². The molecule has 0 aliphatic carbocycles. The second-order valence-corrected chi connectivity index (χ2v) is 3.38. The summed E-state index contributed by atoms with van der Waals surface area (Å²) in [5.41, 5.74) is 1.22. The van der Waals surface area contributed by atoms with Crippen LogP contribution < -0.4 is 4.74 Å². The van der Waals surface area contributed by atoms with Crippen molar-refractivity contribution in [2.75, 3.05) is 13.7 Å². The first kappa shape index (κ1) is 11.9. The molecule has 0 unspecified atom stereocenters. The van der Waals surface area contributed by atoms with E-state index in [0.717, 1.165) is 5.56 Å². The molecule has 0 radical (unpaired) electrons. The maximum Gasteiger partial charge on any atom is 0.341 e. The Bertz CT molecular complexity index is 374. The maximum atomic E-state index is 11.4. The van der Waals surface area contributed by atoms with Crippen molar-refractivity contribution in [2.24, 2.45) is 0 Å². The van der Waals surface area contributed by atoms with E-state index in [0.29, 0.717) is 22.9 Å². The van der Waals surface area contributed by atoms with Crippen molar-refractivity contribution in [3.05, 3.63) is 28.3 Å². The lowest BCUT2D eigenvalue weighted by Crippen LogP contribution is -2.06. The SMILES string of the molecule is CCOc1c(C(=O)OC)ccc(C)c1Cl. The van der Waals surface area contributed by atoms with Crippen LogP contribution in [0.15, 0.2) is 12.1 Å². The number of esters is 1. The third-order valence-electron chi connectivity index (χ3n) is 1.98. The fourth-order valence-electron chi connectivity index (χ4n) is 1.21. The average molecular weight is 229 g/mol. The first-order valence-corrected chi connectivity index (χ1v) is 4.99. The molecule has 0 aliphatic rings. The molecule has 4 heteroatoms. The van der Waals surface area contributed by atoms with Crippen molar-refractivity contribution in [3.63, 3.8) is 0 Å². The molecular formula is C11H13ClO3. The molecule has 0 atom stereocenters. The van der Waals surface area contributed by atoms with Crippen LogP contribution in [0.25, 0.3) is 0 Å². The zero-order valence-corrected chi connectivity index (χ0v) is 9.72. The van der Waals surface area contributed by atoms with Crippen LogP contribution in [0.4, 0.5) is 0 Å². The van der Waals surface area contributed by atoms with E-state index >= 15 is 0 Å². The first-order chi connectivity index (χ1) is 7.11. The molecule has 0 fully saturated rings. The zero-order chi connectivity index (χ0) is 11.4. The molecule has 3 nitrogen and oxygen atoms in total. The molecule has 15 heavy (non-hydrogen) atoms.